The van der Waals surface area contributed by atoms with E-state index in [4.69, 9.17) is 32.7 Å². The van der Waals surface area contributed by atoms with Gasteiger partial charge >= 0.3 is 0 Å². The topological polar surface area (TPSA) is 49.2 Å². The molecule has 5 nitrogen and oxygen atoms in total. The molecular weight excluding hydrogens is 397 g/mol. The number of nitrogens with zero attached hydrogens (tertiary/aromatic N) is 3. The summed E-state index contributed by atoms with van der Waals surface area (Å²) < 4.78 is 14.0. The second-order valence-corrected chi connectivity index (χ2v) is 8.12. The monoisotopic (exact) mass is 417 g/mol. The predicted molar refractivity (Wildman–Crippen MR) is 109 cm³/mol. The van der Waals surface area contributed by atoms with Gasteiger partial charge < -0.3 is 9.47 Å². The van der Waals surface area contributed by atoms with Gasteiger partial charge in [0.05, 0.1) is 18.2 Å². The second-order valence-electron chi connectivity index (χ2n) is 7.28. The molecule has 2 aromatic carbocycles. The van der Waals surface area contributed by atoms with E-state index in [2.05, 4.69) is 10.1 Å². The summed E-state index contributed by atoms with van der Waals surface area (Å²) in [6.45, 7) is 3.28. The molecular formula is C21H21Cl2N3O2. The van der Waals surface area contributed by atoms with Crippen molar-refractivity contribution < 1.29 is 9.47 Å². The Morgan fingerprint density at radius 3 is 2.50 bits per heavy atom. The van der Waals surface area contributed by atoms with E-state index in [1.807, 2.05) is 37.3 Å². The minimum Gasteiger partial charge on any atom is -0.457 e. The van der Waals surface area contributed by atoms with Gasteiger partial charge in [-0.1, -0.05) is 29.3 Å². The van der Waals surface area contributed by atoms with Crippen molar-refractivity contribution in [2.75, 3.05) is 6.61 Å². The fourth-order valence-electron chi connectivity index (χ4n) is 3.05. The molecule has 4 rings (SSSR count). The van der Waals surface area contributed by atoms with Gasteiger partial charge in [0.15, 0.2) is 0 Å². The second kappa shape index (κ2) is 8.11. The normalized spacial score (nSPS) is 16.0. The number of benzene rings is 2. The molecule has 0 radical (unpaired) electrons. The summed E-state index contributed by atoms with van der Waals surface area (Å²) in [5.74, 6) is 1.99. The summed E-state index contributed by atoms with van der Waals surface area (Å²) in [6, 6.07) is 12.9. The van der Waals surface area contributed by atoms with Gasteiger partial charge in [0.1, 0.15) is 29.8 Å². The molecule has 1 aromatic heterocycles. The fraction of sp³-hybridized carbons (Fsp3) is 0.333. The lowest BCUT2D eigenvalue weighted by Crippen LogP contribution is -2.33. The first-order valence-corrected chi connectivity index (χ1v) is 9.97. The minimum absolute atomic E-state index is 0.525. The zero-order valence-electron chi connectivity index (χ0n) is 15.5. The lowest BCUT2D eigenvalue weighted by molar-refractivity contribution is -0.0560. The molecule has 1 atom stereocenters. The van der Waals surface area contributed by atoms with Gasteiger partial charge in [-0.3, -0.25) is 0 Å². The summed E-state index contributed by atoms with van der Waals surface area (Å²) in [4.78, 5) is 4.03. The highest BCUT2D eigenvalue weighted by Crippen LogP contribution is 2.38. The van der Waals surface area contributed by atoms with Crippen molar-refractivity contribution in [3.63, 3.8) is 0 Å². The highest BCUT2D eigenvalue weighted by atomic mass is 35.5. The molecule has 0 saturated heterocycles. The molecule has 1 aliphatic carbocycles. The van der Waals surface area contributed by atoms with Crippen LogP contribution < -0.4 is 4.74 Å². The number of halogens is 2. The molecule has 7 heteroatoms. The summed E-state index contributed by atoms with van der Waals surface area (Å²) in [6.07, 6.45) is 5.65. The molecule has 1 unspecified atom stereocenters. The van der Waals surface area contributed by atoms with Gasteiger partial charge in [-0.15, -0.1) is 0 Å². The van der Waals surface area contributed by atoms with Crippen LogP contribution in [-0.2, 0) is 16.9 Å². The number of aromatic nitrogens is 3. The molecule has 0 aliphatic heterocycles. The Morgan fingerprint density at radius 1 is 1.11 bits per heavy atom. The van der Waals surface area contributed by atoms with E-state index in [1.54, 1.807) is 23.1 Å². The molecule has 0 amide bonds. The Balaban J connectivity index is 1.57. The van der Waals surface area contributed by atoms with E-state index >= 15 is 0 Å². The van der Waals surface area contributed by atoms with E-state index in [9.17, 15) is 0 Å². The van der Waals surface area contributed by atoms with Crippen molar-refractivity contribution in [3.8, 4) is 11.5 Å². The molecule has 1 heterocycles. The Kier molecular flexibility index (Phi) is 5.58. The Hall–Kier alpha value is -2.08. The number of rotatable bonds is 8. The number of ether oxygens (including phenoxy) is 2. The quantitative estimate of drug-likeness (QED) is 0.470. The third kappa shape index (κ3) is 4.66. The largest absolute Gasteiger partial charge is 0.457 e. The Labute approximate surface area is 174 Å². The molecule has 0 bridgehead atoms. The van der Waals surface area contributed by atoms with Crippen LogP contribution in [0.25, 0.3) is 0 Å². The fourth-order valence-corrected chi connectivity index (χ4v) is 3.54. The third-order valence-corrected chi connectivity index (χ3v) is 5.39. The van der Waals surface area contributed by atoms with Gasteiger partial charge in [-0.2, -0.15) is 5.10 Å². The minimum atomic E-state index is -0.619. The van der Waals surface area contributed by atoms with Crippen molar-refractivity contribution in [2.24, 2.45) is 5.92 Å². The first kappa shape index (κ1) is 19.2. The van der Waals surface area contributed by atoms with Crippen molar-refractivity contribution in [2.45, 2.75) is 31.9 Å². The Morgan fingerprint density at radius 2 is 1.86 bits per heavy atom. The molecule has 0 spiro atoms. The smallest absolute Gasteiger partial charge is 0.137 e. The van der Waals surface area contributed by atoms with Crippen LogP contribution in [0.4, 0.5) is 0 Å². The van der Waals surface area contributed by atoms with Crippen LogP contribution in [0.3, 0.4) is 0 Å². The maximum absolute atomic E-state index is 6.65. The van der Waals surface area contributed by atoms with Gasteiger partial charge in [0.25, 0.3) is 0 Å². The number of hydrogen-bond acceptors (Lipinski definition) is 4. The van der Waals surface area contributed by atoms with Crippen molar-refractivity contribution in [1.82, 2.24) is 14.8 Å². The molecule has 3 aromatic rings. The van der Waals surface area contributed by atoms with Crippen LogP contribution in [0, 0.1) is 5.92 Å². The van der Waals surface area contributed by atoms with Gasteiger partial charge in [-0.25, -0.2) is 9.67 Å². The van der Waals surface area contributed by atoms with E-state index in [0.717, 1.165) is 5.56 Å². The van der Waals surface area contributed by atoms with Gasteiger partial charge in [-0.05, 0) is 62.1 Å². The molecule has 28 heavy (non-hydrogen) atoms. The summed E-state index contributed by atoms with van der Waals surface area (Å²) in [5.41, 5.74) is 0.278. The highest BCUT2D eigenvalue weighted by Gasteiger charge is 2.34. The molecule has 0 N–H and O–H groups in total. The van der Waals surface area contributed by atoms with E-state index in [0.29, 0.717) is 40.6 Å². The van der Waals surface area contributed by atoms with Crippen LogP contribution in [-0.4, -0.2) is 21.4 Å². The van der Waals surface area contributed by atoms with Gasteiger partial charge in [0, 0.05) is 10.6 Å². The molecule has 1 aliphatic rings. The van der Waals surface area contributed by atoms with Crippen molar-refractivity contribution >= 4 is 23.2 Å². The molecule has 1 saturated carbocycles. The Bertz CT molecular complexity index is 927. The summed E-state index contributed by atoms with van der Waals surface area (Å²) >= 11 is 12.6. The van der Waals surface area contributed by atoms with Crippen LogP contribution in [0.5, 0.6) is 11.5 Å². The van der Waals surface area contributed by atoms with Gasteiger partial charge in [0.2, 0.25) is 0 Å². The first-order valence-electron chi connectivity index (χ1n) is 9.22. The van der Waals surface area contributed by atoms with E-state index < -0.39 is 5.60 Å². The van der Waals surface area contributed by atoms with Crippen molar-refractivity contribution in [1.29, 1.82) is 0 Å². The zero-order chi connectivity index (χ0) is 19.6. The average molecular weight is 418 g/mol. The van der Waals surface area contributed by atoms with Crippen LogP contribution in [0.1, 0.15) is 25.3 Å². The van der Waals surface area contributed by atoms with Crippen molar-refractivity contribution in [3.05, 3.63) is 70.7 Å². The zero-order valence-corrected chi connectivity index (χ0v) is 17.0. The lowest BCUT2D eigenvalue weighted by Gasteiger charge is -2.31. The summed E-state index contributed by atoms with van der Waals surface area (Å²) in [7, 11) is 0. The third-order valence-electron chi connectivity index (χ3n) is 4.82. The number of hydrogen-bond donors (Lipinski definition) is 0. The van der Waals surface area contributed by atoms with Crippen LogP contribution >= 0.6 is 23.2 Å². The molecule has 146 valence electrons. The van der Waals surface area contributed by atoms with E-state index in [-0.39, 0.29) is 0 Å². The maximum atomic E-state index is 6.65. The molecule has 1 fully saturated rings. The SMILES string of the molecule is CC(Cn1cncn1)(OCC1CC1)c1ccc(Oc2ccc(Cl)cc2)cc1Cl. The highest BCUT2D eigenvalue weighted by molar-refractivity contribution is 6.31. The summed E-state index contributed by atoms with van der Waals surface area (Å²) in [5, 5.41) is 5.48. The van der Waals surface area contributed by atoms with Crippen LogP contribution in [0.15, 0.2) is 55.1 Å². The van der Waals surface area contributed by atoms with E-state index in [1.165, 1.54) is 19.2 Å². The first-order chi connectivity index (χ1) is 13.5. The lowest BCUT2D eigenvalue weighted by atomic mass is 9.95. The maximum Gasteiger partial charge on any atom is 0.137 e. The van der Waals surface area contributed by atoms with Crippen LogP contribution in [0.2, 0.25) is 10.0 Å². The predicted octanol–water partition coefficient (Wildman–Crippen LogP) is 5.72. The standard InChI is InChI=1S/C21H21Cl2N3O2/c1-21(27-11-15-2-3-15,12-26-14-24-13-25-26)19-9-8-18(10-20(19)23)28-17-6-4-16(22)5-7-17/h4-10,13-15H,2-3,11-12H2,1H3. The average Bonchev–Trinajstić information content (AvgIpc) is 3.37.